The number of thioether (sulfide) groups is 1. The molecule has 162 valence electrons. The van der Waals surface area contributed by atoms with Gasteiger partial charge in [-0.25, -0.2) is 4.98 Å². The van der Waals surface area contributed by atoms with Crippen LogP contribution < -0.4 is 11.3 Å². The molecule has 0 amide bonds. The fourth-order valence-corrected chi connectivity index (χ4v) is 5.06. The van der Waals surface area contributed by atoms with E-state index in [1.807, 2.05) is 48.7 Å². The highest BCUT2D eigenvalue weighted by atomic mass is 32.2. The van der Waals surface area contributed by atoms with E-state index in [2.05, 4.69) is 35.3 Å². The summed E-state index contributed by atoms with van der Waals surface area (Å²) in [5.74, 6) is 0.228. The Hall–Kier alpha value is -3.09. The molecule has 1 aliphatic rings. The minimum Gasteiger partial charge on any atom is -0.369 e. The maximum Gasteiger partial charge on any atom is 0.264 e. The van der Waals surface area contributed by atoms with Crippen molar-refractivity contribution in [3.63, 3.8) is 0 Å². The Bertz CT molecular complexity index is 1310. The van der Waals surface area contributed by atoms with Crippen LogP contribution in [0.15, 0.2) is 82.5 Å². The Morgan fingerprint density at radius 3 is 2.47 bits per heavy atom. The number of hydrogen-bond acceptors (Lipinski definition) is 5. The maximum atomic E-state index is 13.5. The van der Waals surface area contributed by atoms with Crippen LogP contribution in [0.2, 0.25) is 0 Å². The molecule has 0 spiro atoms. The highest BCUT2D eigenvalue weighted by Gasteiger charge is 2.28. The van der Waals surface area contributed by atoms with E-state index in [1.54, 1.807) is 16.3 Å². The highest BCUT2D eigenvalue weighted by Crippen LogP contribution is 2.34. The van der Waals surface area contributed by atoms with E-state index in [1.165, 1.54) is 5.56 Å². The van der Waals surface area contributed by atoms with Crippen LogP contribution in [0.3, 0.4) is 0 Å². The highest BCUT2D eigenvalue weighted by molar-refractivity contribution is 7.98. The second-order valence-electron chi connectivity index (χ2n) is 8.06. The first kappa shape index (κ1) is 20.8. The largest absolute Gasteiger partial charge is 0.369 e. The third-order valence-electron chi connectivity index (χ3n) is 6.04. The summed E-state index contributed by atoms with van der Waals surface area (Å²) in [6, 6.07) is 24.3. The summed E-state index contributed by atoms with van der Waals surface area (Å²) in [5.41, 5.74) is 10.1. The van der Waals surface area contributed by atoms with Gasteiger partial charge in [0.25, 0.3) is 5.56 Å². The maximum absolute atomic E-state index is 13.5. The molecule has 32 heavy (non-hydrogen) atoms. The van der Waals surface area contributed by atoms with Gasteiger partial charge in [-0.3, -0.25) is 9.36 Å². The summed E-state index contributed by atoms with van der Waals surface area (Å²) >= 11 is 1.55. The standard InChI is InChI=1S/C26H25N3O2S/c1-32-23-15-19(17-8-4-2-5-9-17)14-21-24(23)25(30)29(26(27)28-21)16-20-12-13-22(31-20)18-10-6-3-7-11-18/h2-11,14-15,20,22H,12-13,16H2,1H3,(H2,27,28). The molecule has 2 unspecified atom stereocenters. The zero-order valence-electron chi connectivity index (χ0n) is 17.9. The van der Waals surface area contributed by atoms with Gasteiger partial charge in [-0.2, -0.15) is 0 Å². The van der Waals surface area contributed by atoms with Gasteiger partial charge in [0, 0.05) is 4.90 Å². The number of anilines is 1. The van der Waals surface area contributed by atoms with Gasteiger partial charge in [0.1, 0.15) is 0 Å². The zero-order chi connectivity index (χ0) is 22.1. The fourth-order valence-electron chi connectivity index (χ4n) is 4.42. The molecule has 0 bridgehead atoms. The van der Waals surface area contributed by atoms with Crippen molar-refractivity contribution in [1.29, 1.82) is 0 Å². The molecule has 4 aromatic rings. The number of nitrogens with zero attached hydrogens (tertiary/aromatic N) is 2. The molecule has 2 heterocycles. The van der Waals surface area contributed by atoms with Crippen LogP contribution in [0.4, 0.5) is 5.95 Å². The van der Waals surface area contributed by atoms with Crippen molar-refractivity contribution >= 4 is 28.6 Å². The minimum absolute atomic E-state index is 0.0572. The van der Waals surface area contributed by atoms with E-state index in [9.17, 15) is 4.79 Å². The van der Waals surface area contributed by atoms with Crippen LogP contribution in [0.25, 0.3) is 22.0 Å². The number of nitrogens with two attached hydrogens (primary N) is 1. The molecule has 2 N–H and O–H groups in total. The third kappa shape index (κ3) is 3.92. The molecule has 1 saturated heterocycles. The molecule has 1 aliphatic heterocycles. The first-order valence-corrected chi connectivity index (χ1v) is 12.0. The average molecular weight is 444 g/mol. The fraction of sp³-hybridized carbons (Fsp3) is 0.231. The van der Waals surface area contributed by atoms with E-state index >= 15 is 0 Å². The zero-order valence-corrected chi connectivity index (χ0v) is 18.7. The third-order valence-corrected chi connectivity index (χ3v) is 6.81. The Kier molecular flexibility index (Phi) is 5.72. The van der Waals surface area contributed by atoms with Crippen molar-refractivity contribution in [2.24, 2.45) is 0 Å². The Labute approximate surface area is 191 Å². The van der Waals surface area contributed by atoms with E-state index in [4.69, 9.17) is 10.5 Å². The van der Waals surface area contributed by atoms with Crippen molar-refractivity contribution in [2.75, 3.05) is 12.0 Å². The van der Waals surface area contributed by atoms with E-state index < -0.39 is 0 Å². The van der Waals surface area contributed by atoms with E-state index in [0.29, 0.717) is 17.4 Å². The van der Waals surface area contributed by atoms with Crippen molar-refractivity contribution in [1.82, 2.24) is 9.55 Å². The number of fused-ring (bicyclic) bond motifs is 1. The molecule has 1 fully saturated rings. The topological polar surface area (TPSA) is 70.1 Å². The predicted octanol–water partition coefficient (Wildman–Crippen LogP) is 5.29. The summed E-state index contributed by atoms with van der Waals surface area (Å²) in [4.78, 5) is 19.0. The number of benzene rings is 3. The molecule has 0 radical (unpaired) electrons. The van der Waals surface area contributed by atoms with Crippen LogP contribution in [-0.4, -0.2) is 21.9 Å². The molecular formula is C26H25N3O2S. The molecule has 1 aromatic heterocycles. The summed E-state index contributed by atoms with van der Waals surface area (Å²) < 4.78 is 7.83. The predicted molar refractivity (Wildman–Crippen MR) is 131 cm³/mol. The quantitative estimate of drug-likeness (QED) is 0.425. The van der Waals surface area contributed by atoms with Crippen molar-refractivity contribution < 1.29 is 4.74 Å². The van der Waals surface area contributed by atoms with E-state index in [-0.39, 0.29) is 23.7 Å². The van der Waals surface area contributed by atoms with Crippen molar-refractivity contribution in [3.8, 4) is 11.1 Å². The lowest BCUT2D eigenvalue weighted by Crippen LogP contribution is -2.30. The SMILES string of the molecule is CSc1cc(-c2ccccc2)cc2nc(N)n(CC3CCC(c4ccccc4)O3)c(=O)c12. The van der Waals surface area contributed by atoms with Gasteiger partial charge in [-0.05, 0) is 47.9 Å². The normalized spacial score (nSPS) is 18.3. The van der Waals surface area contributed by atoms with Gasteiger partial charge in [0.05, 0.1) is 29.7 Å². The molecule has 3 aromatic carbocycles. The number of aromatic nitrogens is 2. The first-order valence-electron chi connectivity index (χ1n) is 10.8. The van der Waals surface area contributed by atoms with Gasteiger partial charge in [-0.1, -0.05) is 60.7 Å². The summed E-state index contributed by atoms with van der Waals surface area (Å²) in [6.07, 6.45) is 3.78. The minimum atomic E-state index is -0.108. The summed E-state index contributed by atoms with van der Waals surface area (Å²) in [6.45, 7) is 0.408. The van der Waals surface area contributed by atoms with Gasteiger partial charge < -0.3 is 10.5 Å². The smallest absolute Gasteiger partial charge is 0.264 e. The van der Waals surface area contributed by atoms with Gasteiger partial charge in [-0.15, -0.1) is 11.8 Å². The van der Waals surface area contributed by atoms with Crippen LogP contribution >= 0.6 is 11.8 Å². The number of hydrogen-bond donors (Lipinski definition) is 1. The lowest BCUT2D eigenvalue weighted by atomic mass is 10.0. The van der Waals surface area contributed by atoms with Crippen molar-refractivity contribution in [2.45, 2.75) is 36.5 Å². The summed E-state index contributed by atoms with van der Waals surface area (Å²) in [5, 5.41) is 0.615. The number of nitrogen functional groups attached to an aromatic ring is 1. The number of ether oxygens (including phenoxy) is 1. The lowest BCUT2D eigenvalue weighted by molar-refractivity contribution is 0.0348. The monoisotopic (exact) mass is 443 g/mol. The molecule has 6 heteroatoms. The van der Waals surface area contributed by atoms with Gasteiger partial charge >= 0.3 is 0 Å². The van der Waals surface area contributed by atoms with Crippen molar-refractivity contribution in [3.05, 3.63) is 88.7 Å². The Morgan fingerprint density at radius 2 is 1.75 bits per heavy atom. The average Bonchev–Trinajstić information content (AvgIpc) is 3.31. The van der Waals surface area contributed by atoms with Crippen LogP contribution in [0.1, 0.15) is 24.5 Å². The first-order chi connectivity index (χ1) is 15.6. The van der Waals surface area contributed by atoms with Gasteiger partial charge in [0.2, 0.25) is 5.95 Å². The van der Waals surface area contributed by atoms with E-state index in [0.717, 1.165) is 28.9 Å². The van der Waals surface area contributed by atoms with Crippen LogP contribution in [0, 0.1) is 0 Å². The molecule has 0 aliphatic carbocycles. The molecule has 5 nitrogen and oxygen atoms in total. The second kappa shape index (κ2) is 8.81. The Balaban J connectivity index is 1.49. The second-order valence-corrected chi connectivity index (χ2v) is 8.91. The Morgan fingerprint density at radius 1 is 1.03 bits per heavy atom. The van der Waals surface area contributed by atoms with Crippen LogP contribution in [-0.2, 0) is 11.3 Å². The lowest BCUT2D eigenvalue weighted by Gasteiger charge is -2.18. The molecule has 2 atom stereocenters. The van der Waals surface area contributed by atoms with Gasteiger partial charge in [0.15, 0.2) is 0 Å². The molecule has 0 saturated carbocycles. The summed E-state index contributed by atoms with van der Waals surface area (Å²) in [7, 11) is 0. The van der Waals surface area contributed by atoms with Crippen LogP contribution in [0.5, 0.6) is 0 Å². The molecule has 5 rings (SSSR count). The number of rotatable bonds is 5. The molecular weight excluding hydrogens is 418 g/mol.